The number of unbranched alkanes of at least 4 members (excludes halogenated alkanes) is 1. The molecule has 0 aromatic carbocycles. The Morgan fingerprint density at radius 1 is 0.735 bits per heavy atom. The number of rotatable bonds is 5. The standard InChI is InChI=1S/C29H50O.CHF3/c1-28-19-17-27-25(14-12-23-20-24(30)16-18-29(23,27)2)26(28)15-13-22(28)11-7-6-10-21-8-4-3-5-9-21;2-1(3)4/h21-27,30H,3-20H2,1-2H3;1H. The Kier molecular flexibility index (Phi) is 9.01. The van der Waals surface area contributed by atoms with E-state index in [-0.39, 0.29) is 6.10 Å². The monoisotopic (exact) mass is 484 g/mol. The summed E-state index contributed by atoms with van der Waals surface area (Å²) in [6.07, 6.45) is 26.1. The Balaban J connectivity index is 0.000000636. The zero-order valence-corrected chi connectivity index (χ0v) is 21.9. The number of aliphatic hydroxyl groups is 1. The molecule has 5 saturated carbocycles. The van der Waals surface area contributed by atoms with E-state index < -0.39 is 6.68 Å². The van der Waals surface area contributed by atoms with E-state index in [0.717, 1.165) is 48.3 Å². The molecule has 1 nitrogen and oxygen atoms in total. The molecule has 0 saturated heterocycles. The smallest absolute Gasteiger partial charge is 0.379 e. The Labute approximate surface area is 207 Å². The fraction of sp³-hybridized carbons (Fsp3) is 1.00. The van der Waals surface area contributed by atoms with Crippen molar-refractivity contribution in [3.63, 3.8) is 0 Å². The molecular formula is C30H51F3O. The molecule has 34 heavy (non-hydrogen) atoms. The minimum Gasteiger partial charge on any atom is -0.393 e. The lowest BCUT2D eigenvalue weighted by Crippen LogP contribution is -2.53. The molecular weight excluding hydrogens is 433 g/mol. The van der Waals surface area contributed by atoms with Crippen molar-refractivity contribution >= 4 is 0 Å². The lowest BCUT2D eigenvalue weighted by molar-refractivity contribution is -0.127. The molecule has 0 aliphatic heterocycles. The van der Waals surface area contributed by atoms with Crippen LogP contribution in [0.5, 0.6) is 0 Å². The highest BCUT2D eigenvalue weighted by Crippen LogP contribution is 2.67. The van der Waals surface area contributed by atoms with Crippen LogP contribution in [-0.4, -0.2) is 17.9 Å². The van der Waals surface area contributed by atoms with Gasteiger partial charge in [-0.3, -0.25) is 0 Å². The third-order valence-electron chi connectivity index (χ3n) is 12.0. The molecule has 0 aromatic heterocycles. The lowest BCUT2D eigenvalue weighted by atomic mass is 9.44. The van der Waals surface area contributed by atoms with Crippen LogP contribution in [0.1, 0.15) is 129 Å². The topological polar surface area (TPSA) is 20.2 Å². The Bertz CT molecular complexity index is 632. The van der Waals surface area contributed by atoms with Gasteiger partial charge in [-0.15, -0.1) is 0 Å². The number of halogens is 3. The fourth-order valence-electron chi connectivity index (χ4n) is 10.1. The minimum absolute atomic E-state index is 0.00190. The maximum absolute atomic E-state index is 10.3. The quantitative estimate of drug-likeness (QED) is 0.385. The van der Waals surface area contributed by atoms with E-state index >= 15 is 0 Å². The van der Waals surface area contributed by atoms with Crippen LogP contribution in [0.2, 0.25) is 0 Å². The van der Waals surface area contributed by atoms with Crippen LogP contribution in [0.15, 0.2) is 0 Å². The molecule has 0 radical (unpaired) electrons. The molecule has 5 aliphatic carbocycles. The van der Waals surface area contributed by atoms with Gasteiger partial charge in [0.2, 0.25) is 0 Å². The molecule has 4 heteroatoms. The SMILES string of the molecule is CC12CCC3C(CCC4CC(O)CCC43C)C1CCC2CCCCC1CCCCC1.FC(F)F. The van der Waals surface area contributed by atoms with Crippen LogP contribution < -0.4 is 0 Å². The van der Waals surface area contributed by atoms with Gasteiger partial charge in [0.1, 0.15) is 0 Å². The highest BCUT2D eigenvalue weighted by molar-refractivity contribution is 5.09. The second-order valence-corrected chi connectivity index (χ2v) is 13.4. The summed E-state index contributed by atoms with van der Waals surface area (Å²) >= 11 is 0. The first-order chi connectivity index (χ1) is 16.2. The zero-order chi connectivity index (χ0) is 24.3. The highest BCUT2D eigenvalue weighted by Gasteiger charge is 2.59. The first kappa shape index (κ1) is 26.8. The Morgan fingerprint density at radius 2 is 1.38 bits per heavy atom. The first-order valence-corrected chi connectivity index (χ1v) is 14.8. The largest absolute Gasteiger partial charge is 0.393 e. The number of hydrogen-bond acceptors (Lipinski definition) is 1. The van der Waals surface area contributed by atoms with E-state index in [1.165, 1.54) is 103 Å². The average Bonchev–Trinajstić information content (AvgIpc) is 3.14. The lowest BCUT2D eigenvalue weighted by Gasteiger charge is -2.61. The summed E-state index contributed by atoms with van der Waals surface area (Å²) in [5, 5.41) is 10.3. The normalized spacial score (nSPS) is 44.6. The zero-order valence-electron chi connectivity index (χ0n) is 21.9. The van der Waals surface area contributed by atoms with E-state index in [4.69, 9.17) is 0 Å². The fourth-order valence-corrected chi connectivity index (χ4v) is 10.1. The molecule has 198 valence electrons. The second-order valence-electron chi connectivity index (χ2n) is 13.4. The van der Waals surface area contributed by atoms with E-state index in [9.17, 15) is 18.3 Å². The van der Waals surface area contributed by atoms with Crippen LogP contribution in [0.25, 0.3) is 0 Å². The number of fused-ring (bicyclic) bond motifs is 5. The first-order valence-electron chi connectivity index (χ1n) is 14.8. The van der Waals surface area contributed by atoms with Gasteiger partial charge in [-0.2, -0.15) is 13.2 Å². The van der Waals surface area contributed by atoms with Gasteiger partial charge in [0, 0.05) is 0 Å². The summed E-state index contributed by atoms with van der Waals surface area (Å²) in [7, 11) is 0. The third kappa shape index (κ3) is 5.67. The van der Waals surface area contributed by atoms with Crippen LogP contribution in [-0.2, 0) is 0 Å². The summed E-state index contributed by atoms with van der Waals surface area (Å²) in [6, 6.07) is 0. The van der Waals surface area contributed by atoms with Crippen molar-refractivity contribution in [3.05, 3.63) is 0 Å². The molecule has 1 N–H and O–H groups in total. The number of alkyl halides is 3. The van der Waals surface area contributed by atoms with Gasteiger partial charge in [0.25, 0.3) is 0 Å². The summed E-state index contributed by atoms with van der Waals surface area (Å²) in [5.41, 5.74) is 1.20. The van der Waals surface area contributed by atoms with Crippen LogP contribution >= 0.6 is 0 Å². The maximum atomic E-state index is 10.3. The van der Waals surface area contributed by atoms with E-state index in [0.29, 0.717) is 10.8 Å². The van der Waals surface area contributed by atoms with Crippen molar-refractivity contribution in [2.75, 3.05) is 0 Å². The Hall–Kier alpha value is -0.250. The van der Waals surface area contributed by atoms with Crippen molar-refractivity contribution in [1.29, 1.82) is 0 Å². The molecule has 5 fully saturated rings. The van der Waals surface area contributed by atoms with Crippen molar-refractivity contribution in [1.82, 2.24) is 0 Å². The van der Waals surface area contributed by atoms with Crippen LogP contribution in [0.3, 0.4) is 0 Å². The summed E-state index contributed by atoms with van der Waals surface area (Å²) in [4.78, 5) is 0. The Morgan fingerprint density at radius 3 is 2.12 bits per heavy atom. The summed E-state index contributed by atoms with van der Waals surface area (Å²) < 4.78 is 29.0. The minimum atomic E-state index is -3.67. The summed E-state index contributed by atoms with van der Waals surface area (Å²) in [5.74, 6) is 5.90. The summed E-state index contributed by atoms with van der Waals surface area (Å²) in [6.45, 7) is 1.70. The van der Waals surface area contributed by atoms with E-state index in [2.05, 4.69) is 13.8 Å². The molecule has 0 amide bonds. The molecule has 5 rings (SSSR count). The maximum Gasteiger partial charge on any atom is 0.379 e. The number of hydrogen-bond donors (Lipinski definition) is 1. The molecule has 0 spiro atoms. The molecule has 8 unspecified atom stereocenters. The average molecular weight is 485 g/mol. The van der Waals surface area contributed by atoms with Crippen LogP contribution in [0.4, 0.5) is 13.2 Å². The van der Waals surface area contributed by atoms with Crippen molar-refractivity contribution in [2.24, 2.45) is 46.3 Å². The van der Waals surface area contributed by atoms with Gasteiger partial charge in [0.05, 0.1) is 6.10 Å². The molecule has 0 heterocycles. The van der Waals surface area contributed by atoms with Gasteiger partial charge in [-0.1, -0.05) is 65.2 Å². The number of aliphatic hydroxyl groups excluding tert-OH is 1. The van der Waals surface area contributed by atoms with Crippen molar-refractivity contribution < 1.29 is 18.3 Å². The van der Waals surface area contributed by atoms with Crippen molar-refractivity contribution in [2.45, 2.75) is 142 Å². The van der Waals surface area contributed by atoms with Gasteiger partial charge in [0.15, 0.2) is 0 Å². The third-order valence-corrected chi connectivity index (χ3v) is 12.0. The highest BCUT2D eigenvalue weighted by atomic mass is 19.4. The molecule has 8 atom stereocenters. The van der Waals surface area contributed by atoms with Gasteiger partial charge < -0.3 is 5.11 Å². The van der Waals surface area contributed by atoms with Gasteiger partial charge in [-0.05, 0) is 111 Å². The molecule has 5 aliphatic rings. The predicted molar refractivity (Wildman–Crippen MR) is 133 cm³/mol. The van der Waals surface area contributed by atoms with Gasteiger partial charge >= 0.3 is 6.68 Å². The molecule has 0 aromatic rings. The molecule has 0 bridgehead atoms. The van der Waals surface area contributed by atoms with E-state index in [1.54, 1.807) is 0 Å². The van der Waals surface area contributed by atoms with Crippen molar-refractivity contribution in [3.8, 4) is 0 Å². The second kappa shape index (κ2) is 11.4. The predicted octanol–water partition coefficient (Wildman–Crippen LogP) is 9.33. The van der Waals surface area contributed by atoms with Crippen LogP contribution in [0, 0.1) is 46.3 Å². The van der Waals surface area contributed by atoms with E-state index in [1.807, 2.05) is 0 Å². The van der Waals surface area contributed by atoms with Gasteiger partial charge in [-0.25, -0.2) is 0 Å².